The van der Waals surface area contributed by atoms with Crippen molar-refractivity contribution < 1.29 is 13.2 Å². The predicted molar refractivity (Wildman–Crippen MR) is 84.1 cm³/mol. The molecule has 1 aliphatic carbocycles. The Kier molecular flexibility index (Phi) is 5.45. The summed E-state index contributed by atoms with van der Waals surface area (Å²) in [6, 6.07) is 6.06. The van der Waals surface area contributed by atoms with Gasteiger partial charge in [0.1, 0.15) is 6.07 Å². The standard InChI is InChI=1S/C15H19ClN2O3S/c1-11(12-3-4-12)18(7-8-21-2)22(19,20)14-6-5-13(10-17)15(16)9-14/h5-6,9,11-12H,3-4,7-8H2,1-2H3/t11-/m0/s1. The van der Waals surface area contributed by atoms with Crippen LogP contribution >= 0.6 is 11.6 Å². The van der Waals surface area contributed by atoms with Gasteiger partial charge in [0.25, 0.3) is 0 Å². The van der Waals surface area contributed by atoms with Crippen LogP contribution in [-0.4, -0.2) is 39.0 Å². The van der Waals surface area contributed by atoms with Crippen LogP contribution in [0.2, 0.25) is 5.02 Å². The molecule has 120 valence electrons. The summed E-state index contributed by atoms with van der Waals surface area (Å²) in [6.45, 7) is 2.56. The van der Waals surface area contributed by atoms with Crippen molar-refractivity contribution in [2.24, 2.45) is 5.92 Å². The number of hydrogen-bond acceptors (Lipinski definition) is 4. The average molecular weight is 343 g/mol. The zero-order valence-electron chi connectivity index (χ0n) is 12.6. The Hall–Kier alpha value is -1.13. The van der Waals surface area contributed by atoms with E-state index in [0.29, 0.717) is 19.1 Å². The summed E-state index contributed by atoms with van der Waals surface area (Å²) in [5.74, 6) is 0.403. The van der Waals surface area contributed by atoms with Crippen LogP contribution in [-0.2, 0) is 14.8 Å². The molecule has 0 radical (unpaired) electrons. The molecule has 0 heterocycles. The van der Waals surface area contributed by atoms with Gasteiger partial charge in [-0.3, -0.25) is 0 Å². The number of sulfonamides is 1. The number of ether oxygens (including phenoxy) is 1. The number of nitriles is 1. The van der Waals surface area contributed by atoms with Crippen LogP contribution in [0, 0.1) is 17.2 Å². The highest BCUT2D eigenvalue weighted by molar-refractivity contribution is 7.89. The van der Waals surface area contributed by atoms with Crippen molar-refractivity contribution in [3.8, 4) is 6.07 Å². The average Bonchev–Trinajstić information content (AvgIpc) is 3.31. The molecule has 0 spiro atoms. The van der Waals surface area contributed by atoms with E-state index in [0.717, 1.165) is 12.8 Å². The lowest BCUT2D eigenvalue weighted by atomic mass is 10.2. The first kappa shape index (κ1) is 17.2. The molecule has 1 saturated carbocycles. The van der Waals surface area contributed by atoms with E-state index in [2.05, 4.69) is 0 Å². The smallest absolute Gasteiger partial charge is 0.243 e. The Morgan fingerprint density at radius 2 is 2.18 bits per heavy atom. The van der Waals surface area contributed by atoms with Gasteiger partial charge in [0.15, 0.2) is 0 Å². The molecule has 1 atom stereocenters. The first-order valence-electron chi connectivity index (χ1n) is 7.12. The van der Waals surface area contributed by atoms with Crippen LogP contribution in [0.1, 0.15) is 25.3 Å². The van der Waals surface area contributed by atoms with Gasteiger partial charge in [0.2, 0.25) is 10.0 Å². The molecule has 1 aromatic rings. The van der Waals surface area contributed by atoms with Crippen molar-refractivity contribution in [2.75, 3.05) is 20.3 Å². The molecule has 0 aromatic heterocycles. The molecular weight excluding hydrogens is 324 g/mol. The highest BCUT2D eigenvalue weighted by Crippen LogP contribution is 2.37. The zero-order chi connectivity index (χ0) is 16.3. The maximum Gasteiger partial charge on any atom is 0.243 e. The fourth-order valence-corrected chi connectivity index (χ4v) is 4.41. The van der Waals surface area contributed by atoms with Gasteiger partial charge >= 0.3 is 0 Å². The van der Waals surface area contributed by atoms with Crippen LogP contribution in [0.25, 0.3) is 0 Å². The van der Waals surface area contributed by atoms with Crippen molar-refractivity contribution in [3.05, 3.63) is 28.8 Å². The highest BCUT2D eigenvalue weighted by Gasteiger charge is 2.38. The highest BCUT2D eigenvalue weighted by atomic mass is 35.5. The molecule has 7 heteroatoms. The summed E-state index contributed by atoms with van der Waals surface area (Å²) < 4.78 is 32.3. The minimum absolute atomic E-state index is 0.0745. The number of methoxy groups -OCH3 is 1. The Balaban J connectivity index is 2.35. The SMILES string of the molecule is COCCN([C@@H](C)C1CC1)S(=O)(=O)c1ccc(C#N)c(Cl)c1. The zero-order valence-corrected chi connectivity index (χ0v) is 14.2. The third-order valence-corrected chi connectivity index (χ3v) is 6.24. The fourth-order valence-electron chi connectivity index (χ4n) is 2.42. The van der Waals surface area contributed by atoms with Crippen molar-refractivity contribution in [1.82, 2.24) is 4.31 Å². The topological polar surface area (TPSA) is 70.4 Å². The molecule has 0 unspecified atom stereocenters. The number of nitrogens with zero attached hydrogens (tertiary/aromatic N) is 2. The molecule has 0 amide bonds. The molecule has 0 aliphatic heterocycles. The van der Waals surface area contributed by atoms with E-state index >= 15 is 0 Å². The molecule has 2 rings (SSSR count). The molecule has 1 aliphatic rings. The van der Waals surface area contributed by atoms with Gasteiger partial charge in [-0.15, -0.1) is 0 Å². The molecule has 0 saturated heterocycles. The first-order chi connectivity index (χ1) is 10.4. The number of halogens is 1. The Morgan fingerprint density at radius 1 is 1.50 bits per heavy atom. The van der Waals surface area contributed by atoms with Crippen molar-refractivity contribution >= 4 is 21.6 Å². The third kappa shape index (κ3) is 3.61. The Morgan fingerprint density at radius 3 is 2.68 bits per heavy atom. The maximum atomic E-state index is 12.9. The summed E-state index contributed by atoms with van der Waals surface area (Å²) in [5, 5.41) is 9.04. The van der Waals surface area contributed by atoms with E-state index in [1.165, 1.54) is 22.5 Å². The van der Waals surface area contributed by atoms with E-state index in [-0.39, 0.29) is 21.5 Å². The van der Waals surface area contributed by atoms with E-state index < -0.39 is 10.0 Å². The van der Waals surface area contributed by atoms with E-state index in [1.807, 2.05) is 13.0 Å². The summed E-state index contributed by atoms with van der Waals surface area (Å²) in [5.41, 5.74) is 0.263. The van der Waals surface area contributed by atoms with Crippen LogP contribution in [0.3, 0.4) is 0 Å². The van der Waals surface area contributed by atoms with Crippen molar-refractivity contribution in [1.29, 1.82) is 5.26 Å². The van der Waals surface area contributed by atoms with Gasteiger partial charge in [-0.25, -0.2) is 8.42 Å². The van der Waals surface area contributed by atoms with Gasteiger partial charge in [-0.2, -0.15) is 9.57 Å². The van der Waals surface area contributed by atoms with Crippen LogP contribution < -0.4 is 0 Å². The van der Waals surface area contributed by atoms with Gasteiger partial charge < -0.3 is 4.74 Å². The summed E-state index contributed by atoms with van der Waals surface area (Å²) in [7, 11) is -2.12. The largest absolute Gasteiger partial charge is 0.383 e. The lowest BCUT2D eigenvalue weighted by Gasteiger charge is -2.28. The second-order valence-corrected chi connectivity index (χ2v) is 7.74. The molecule has 22 heavy (non-hydrogen) atoms. The summed E-state index contributed by atoms with van der Waals surface area (Å²) >= 11 is 5.97. The summed E-state index contributed by atoms with van der Waals surface area (Å²) in [6.07, 6.45) is 2.10. The number of benzene rings is 1. The molecule has 1 fully saturated rings. The summed E-state index contributed by atoms with van der Waals surface area (Å²) in [4.78, 5) is 0.111. The van der Waals surface area contributed by atoms with Gasteiger partial charge in [-0.1, -0.05) is 11.6 Å². The van der Waals surface area contributed by atoms with Crippen LogP contribution in [0.5, 0.6) is 0 Å². The Labute approximate surface area is 136 Å². The van der Waals surface area contributed by atoms with Gasteiger partial charge in [0.05, 0.1) is 22.1 Å². The predicted octanol–water partition coefficient (Wildman–Crippen LogP) is 2.65. The second-order valence-electron chi connectivity index (χ2n) is 5.44. The van der Waals surface area contributed by atoms with Crippen LogP contribution in [0.4, 0.5) is 0 Å². The fraction of sp³-hybridized carbons (Fsp3) is 0.533. The van der Waals surface area contributed by atoms with E-state index in [4.69, 9.17) is 21.6 Å². The molecule has 5 nitrogen and oxygen atoms in total. The second kappa shape index (κ2) is 6.97. The minimum Gasteiger partial charge on any atom is -0.383 e. The monoisotopic (exact) mass is 342 g/mol. The number of rotatable bonds is 7. The molecule has 1 aromatic carbocycles. The molecule has 0 N–H and O–H groups in total. The molecule has 0 bridgehead atoms. The normalized spacial score (nSPS) is 16.5. The lowest BCUT2D eigenvalue weighted by molar-refractivity contribution is 0.164. The first-order valence-corrected chi connectivity index (χ1v) is 8.94. The molecular formula is C15H19ClN2O3S. The van der Waals surface area contributed by atoms with Crippen LogP contribution in [0.15, 0.2) is 23.1 Å². The van der Waals surface area contributed by atoms with Crippen molar-refractivity contribution in [3.63, 3.8) is 0 Å². The van der Waals surface area contributed by atoms with Gasteiger partial charge in [0, 0.05) is 19.7 Å². The van der Waals surface area contributed by atoms with E-state index in [9.17, 15) is 8.42 Å². The lowest BCUT2D eigenvalue weighted by Crippen LogP contribution is -2.41. The minimum atomic E-state index is -3.67. The maximum absolute atomic E-state index is 12.9. The quantitative estimate of drug-likeness (QED) is 0.763. The number of hydrogen-bond donors (Lipinski definition) is 0. The van der Waals surface area contributed by atoms with Crippen molar-refractivity contribution in [2.45, 2.75) is 30.7 Å². The van der Waals surface area contributed by atoms with E-state index in [1.54, 1.807) is 7.11 Å². The Bertz CT molecular complexity index is 681. The van der Waals surface area contributed by atoms with Gasteiger partial charge in [-0.05, 0) is 43.9 Å². The third-order valence-electron chi connectivity index (χ3n) is 3.94.